The van der Waals surface area contributed by atoms with Crippen LogP contribution in [-0.4, -0.2) is 30.0 Å². The third-order valence-corrected chi connectivity index (χ3v) is 3.95. The molecule has 0 bridgehead atoms. The summed E-state index contributed by atoms with van der Waals surface area (Å²) in [6.07, 6.45) is -2.51. The van der Waals surface area contributed by atoms with E-state index in [4.69, 9.17) is 5.73 Å². The van der Waals surface area contributed by atoms with Gasteiger partial charge in [0.15, 0.2) is 0 Å². The molecule has 138 valence electrons. The molecule has 1 aliphatic carbocycles. The molecule has 4 N–H and O–H groups in total. The summed E-state index contributed by atoms with van der Waals surface area (Å²) in [5.41, 5.74) is 3.99. The molecule has 0 aliphatic heterocycles. The van der Waals surface area contributed by atoms with Crippen molar-refractivity contribution in [2.45, 2.75) is 31.5 Å². The molecule has 1 amide bonds. The molecule has 1 aromatic carbocycles. The lowest BCUT2D eigenvalue weighted by atomic mass is 10.1. The van der Waals surface area contributed by atoms with Crippen LogP contribution in [0, 0.1) is 16.0 Å². The molecule has 1 fully saturated rings. The Hall–Kier alpha value is -2.36. The fourth-order valence-corrected chi connectivity index (χ4v) is 2.33. The van der Waals surface area contributed by atoms with Gasteiger partial charge in [-0.2, -0.15) is 13.2 Å². The summed E-state index contributed by atoms with van der Waals surface area (Å²) in [7, 11) is 0. The third-order valence-electron chi connectivity index (χ3n) is 3.95. The van der Waals surface area contributed by atoms with Crippen LogP contribution < -0.4 is 16.4 Å². The Bertz CT molecular complexity index is 647. The zero-order valence-corrected chi connectivity index (χ0v) is 13.3. The van der Waals surface area contributed by atoms with Crippen molar-refractivity contribution in [1.82, 2.24) is 5.32 Å². The SMILES string of the molecule is NC(CNC(=O)CCNc1ccc(C(F)(F)F)cc1[N+](=O)[O-])C1CC1. The summed E-state index contributed by atoms with van der Waals surface area (Å²) in [6, 6.07) is 2.14. The van der Waals surface area contributed by atoms with E-state index in [0.29, 0.717) is 18.5 Å². The van der Waals surface area contributed by atoms with Gasteiger partial charge < -0.3 is 16.4 Å². The molecule has 0 radical (unpaired) electrons. The highest BCUT2D eigenvalue weighted by molar-refractivity contribution is 5.76. The molecule has 1 aliphatic rings. The Morgan fingerprint density at radius 1 is 1.40 bits per heavy atom. The standard InChI is InChI=1S/C15H19F3N4O3/c16-15(17,18)10-3-4-12(13(7-10)22(24)25)20-6-5-14(23)21-8-11(19)9-1-2-9/h3-4,7,9,11,20H,1-2,5-6,8,19H2,(H,21,23). The minimum absolute atomic E-state index is 0.0234. The highest BCUT2D eigenvalue weighted by Gasteiger charge is 2.33. The number of nitrogens with two attached hydrogens (primary N) is 1. The lowest BCUT2D eigenvalue weighted by Crippen LogP contribution is -2.39. The first-order valence-electron chi connectivity index (χ1n) is 7.80. The molecule has 2 rings (SSSR count). The number of amides is 1. The number of halogens is 3. The molecule has 1 atom stereocenters. The van der Waals surface area contributed by atoms with Crippen molar-refractivity contribution in [1.29, 1.82) is 0 Å². The lowest BCUT2D eigenvalue weighted by molar-refractivity contribution is -0.384. The van der Waals surface area contributed by atoms with Gasteiger partial charge in [-0.25, -0.2) is 0 Å². The van der Waals surface area contributed by atoms with Gasteiger partial charge in [-0.1, -0.05) is 0 Å². The van der Waals surface area contributed by atoms with Crippen LogP contribution in [0.25, 0.3) is 0 Å². The summed E-state index contributed by atoms with van der Waals surface area (Å²) in [4.78, 5) is 21.7. The maximum atomic E-state index is 12.6. The van der Waals surface area contributed by atoms with Crippen LogP contribution in [0.4, 0.5) is 24.5 Å². The van der Waals surface area contributed by atoms with Crippen molar-refractivity contribution in [3.05, 3.63) is 33.9 Å². The second-order valence-electron chi connectivity index (χ2n) is 5.97. The molecule has 10 heteroatoms. The molecule has 7 nitrogen and oxygen atoms in total. The Balaban J connectivity index is 1.87. The van der Waals surface area contributed by atoms with Gasteiger partial charge in [-0.05, 0) is 30.9 Å². The van der Waals surface area contributed by atoms with Crippen LogP contribution in [0.2, 0.25) is 0 Å². The van der Waals surface area contributed by atoms with E-state index >= 15 is 0 Å². The van der Waals surface area contributed by atoms with E-state index < -0.39 is 22.4 Å². The number of nitrogens with zero attached hydrogens (tertiary/aromatic N) is 1. The van der Waals surface area contributed by atoms with Gasteiger partial charge in [-0.3, -0.25) is 14.9 Å². The normalized spacial score (nSPS) is 15.5. The molecule has 1 unspecified atom stereocenters. The predicted octanol–water partition coefficient (Wildman–Crippen LogP) is 2.27. The van der Waals surface area contributed by atoms with Gasteiger partial charge in [0.25, 0.3) is 5.69 Å². The average molecular weight is 360 g/mol. The van der Waals surface area contributed by atoms with Crippen LogP contribution in [0.15, 0.2) is 18.2 Å². The highest BCUT2D eigenvalue weighted by Crippen LogP contribution is 2.35. The number of anilines is 1. The topological polar surface area (TPSA) is 110 Å². The van der Waals surface area contributed by atoms with Gasteiger partial charge in [-0.15, -0.1) is 0 Å². The van der Waals surface area contributed by atoms with Crippen molar-refractivity contribution in [2.75, 3.05) is 18.4 Å². The van der Waals surface area contributed by atoms with E-state index in [0.717, 1.165) is 25.0 Å². The van der Waals surface area contributed by atoms with Crippen molar-refractivity contribution in [3.8, 4) is 0 Å². The Kier molecular flexibility index (Phi) is 5.83. The number of hydrogen-bond acceptors (Lipinski definition) is 5. The number of benzene rings is 1. The zero-order valence-electron chi connectivity index (χ0n) is 13.3. The van der Waals surface area contributed by atoms with Crippen LogP contribution in [-0.2, 0) is 11.0 Å². The predicted molar refractivity (Wildman–Crippen MR) is 84.9 cm³/mol. The first-order valence-corrected chi connectivity index (χ1v) is 7.80. The molecule has 0 saturated heterocycles. The van der Waals surface area contributed by atoms with Crippen molar-refractivity contribution in [3.63, 3.8) is 0 Å². The molecular weight excluding hydrogens is 341 g/mol. The molecule has 0 spiro atoms. The zero-order chi connectivity index (χ0) is 18.6. The van der Waals surface area contributed by atoms with E-state index in [1.54, 1.807) is 0 Å². The van der Waals surface area contributed by atoms with Crippen LogP contribution in [0.1, 0.15) is 24.8 Å². The number of hydrogen-bond donors (Lipinski definition) is 3. The van der Waals surface area contributed by atoms with Gasteiger partial charge in [0, 0.05) is 31.6 Å². The van der Waals surface area contributed by atoms with Crippen molar-refractivity contribution < 1.29 is 22.9 Å². The van der Waals surface area contributed by atoms with Crippen molar-refractivity contribution >= 4 is 17.3 Å². The lowest BCUT2D eigenvalue weighted by Gasteiger charge is -2.12. The van der Waals surface area contributed by atoms with E-state index in [9.17, 15) is 28.1 Å². The number of alkyl halides is 3. The van der Waals surface area contributed by atoms with E-state index in [1.165, 1.54) is 0 Å². The van der Waals surface area contributed by atoms with Gasteiger partial charge in [0.2, 0.25) is 5.91 Å². The quantitative estimate of drug-likeness (QED) is 0.487. The smallest absolute Gasteiger partial charge is 0.379 e. The molecule has 1 saturated carbocycles. The Labute approximate surface area is 141 Å². The second kappa shape index (κ2) is 7.68. The largest absolute Gasteiger partial charge is 0.416 e. The fraction of sp³-hybridized carbons (Fsp3) is 0.533. The number of nitro groups is 1. The van der Waals surface area contributed by atoms with Crippen molar-refractivity contribution in [2.24, 2.45) is 11.7 Å². The Morgan fingerprint density at radius 3 is 2.64 bits per heavy atom. The van der Waals surface area contributed by atoms with E-state index in [-0.39, 0.29) is 30.6 Å². The minimum atomic E-state index is -4.66. The average Bonchev–Trinajstić information content (AvgIpc) is 3.36. The molecule has 25 heavy (non-hydrogen) atoms. The molecular formula is C15H19F3N4O3. The van der Waals surface area contributed by atoms with E-state index in [1.807, 2.05) is 0 Å². The summed E-state index contributed by atoms with van der Waals surface area (Å²) in [5, 5.41) is 16.2. The monoisotopic (exact) mass is 360 g/mol. The van der Waals surface area contributed by atoms with Crippen LogP contribution in [0.3, 0.4) is 0 Å². The number of carbonyl (C=O) groups is 1. The summed E-state index contributed by atoms with van der Waals surface area (Å²) < 4.78 is 37.9. The third kappa shape index (κ3) is 5.59. The van der Waals surface area contributed by atoms with Gasteiger partial charge >= 0.3 is 6.18 Å². The highest BCUT2D eigenvalue weighted by atomic mass is 19.4. The number of carbonyl (C=O) groups excluding carboxylic acids is 1. The number of rotatable bonds is 8. The minimum Gasteiger partial charge on any atom is -0.379 e. The van der Waals surface area contributed by atoms with Crippen LogP contribution >= 0.6 is 0 Å². The van der Waals surface area contributed by atoms with Crippen LogP contribution in [0.5, 0.6) is 0 Å². The first kappa shape index (κ1) is 19.0. The van der Waals surface area contributed by atoms with E-state index in [2.05, 4.69) is 10.6 Å². The summed E-state index contributed by atoms with van der Waals surface area (Å²) in [6.45, 7) is 0.417. The van der Waals surface area contributed by atoms with Gasteiger partial charge in [0.05, 0.1) is 10.5 Å². The fourth-order valence-electron chi connectivity index (χ4n) is 2.33. The number of nitro benzene ring substituents is 1. The molecule has 1 aromatic rings. The van der Waals surface area contributed by atoms with Gasteiger partial charge in [0.1, 0.15) is 5.69 Å². The molecule has 0 aromatic heterocycles. The maximum Gasteiger partial charge on any atom is 0.416 e. The second-order valence-corrected chi connectivity index (χ2v) is 5.97. The summed E-state index contributed by atoms with van der Waals surface area (Å²) >= 11 is 0. The number of nitrogens with one attached hydrogen (secondary N) is 2. The Morgan fingerprint density at radius 2 is 2.08 bits per heavy atom. The maximum absolute atomic E-state index is 12.6. The first-order chi connectivity index (χ1) is 11.7. The summed E-state index contributed by atoms with van der Waals surface area (Å²) in [5.74, 6) is 0.173. The molecule has 0 heterocycles.